The average molecular weight is 325 g/mol. The van der Waals surface area contributed by atoms with Gasteiger partial charge < -0.3 is 10.4 Å². The molecule has 1 saturated carbocycles. The van der Waals surface area contributed by atoms with Crippen LogP contribution in [0.2, 0.25) is 0 Å². The molecule has 0 spiro atoms. The Morgan fingerprint density at radius 2 is 1.95 bits per heavy atom. The standard InChI is InChI=1S/C15H19NO5S/c1-2-22(20,21)13-6-4-3-5-12(13)14(17)16-11-8-7-10(9-11)15(18)19/h3-6,10-11H,2,7-9H2,1H3,(H,16,17)(H,18,19)/t10-,11+/m0/s1. The van der Waals surface area contributed by atoms with Crippen molar-refractivity contribution in [1.82, 2.24) is 5.32 Å². The third kappa shape index (κ3) is 3.47. The van der Waals surface area contributed by atoms with Gasteiger partial charge in [-0.05, 0) is 31.4 Å². The molecule has 1 aromatic rings. The van der Waals surface area contributed by atoms with E-state index in [-0.39, 0.29) is 22.3 Å². The lowest BCUT2D eigenvalue weighted by Gasteiger charge is -2.14. The van der Waals surface area contributed by atoms with E-state index in [1.165, 1.54) is 19.1 Å². The zero-order chi connectivity index (χ0) is 16.3. The van der Waals surface area contributed by atoms with Crippen molar-refractivity contribution in [3.05, 3.63) is 29.8 Å². The Morgan fingerprint density at radius 1 is 1.27 bits per heavy atom. The van der Waals surface area contributed by atoms with E-state index >= 15 is 0 Å². The van der Waals surface area contributed by atoms with Crippen LogP contribution in [0.3, 0.4) is 0 Å². The second kappa shape index (κ2) is 6.48. The number of carboxylic acids is 1. The molecule has 1 amide bonds. The SMILES string of the molecule is CCS(=O)(=O)c1ccccc1C(=O)N[C@@H]1CC[C@H](C(=O)O)C1. The zero-order valence-corrected chi connectivity index (χ0v) is 13.1. The molecule has 7 heteroatoms. The molecule has 0 unspecified atom stereocenters. The molecular formula is C15H19NO5S. The first-order chi connectivity index (χ1) is 10.3. The summed E-state index contributed by atoms with van der Waals surface area (Å²) < 4.78 is 24.1. The molecule has 0 aliphatic heterocycles. The van der Waals surface area contributed by atoms with Gasteiger partial charge in [-0.1, -0.05) is 19.1 Å². The fourth-order valence-electron chi connectivity index (χ4n) is 2.68. The summed E-state index contributed by atoms with van der Waals surface area (Å²) in [4.78, 5) is 23.3. The largest absolute Gasteiger partial charge is 0.481 e. The normalized spacial score (nSPS) is 21.5. The first-order valence-electron chi connectivity index (χ1n) is 7.20. The second-order valence-electron chi connectivity index (χ2n) is 5.42. The van der Waals surface area contributed by atoms with Crippen LogP contribution in [0.4, 0.5) is 0 Å². The number of hydrogen-bond acceptors (Lipinski definition) is 4. The molecule has 1 fully saturated rings. The molecular weight excluding hydrogens is 306 g/mol. The number of aliphatic carboxylic acids is 1. The summed E-state index contributed by atoms with van der Waals surface area (Å²) in [7, 11) is -3.49. The predicted molar refractivity (Wildman–Crippen MR) is 80.4 cm³/mol. The Hall–Kier alpha value is -1.89. The van der Waals surface area contributed by atoms with Crippen LogP contribution in [0.1, 0.15) is 36.5 Å². The van der Waals surface area contributed by atoms with E-state index < -0.39 is 27.6 Å². The Kier molecular flexibility index (Phi) is 4.85. The first-order valence-corrected chi connectivity index (χ1v) is 8.86. The summed E-state index contributed by atoms with van der Waals surface area (Å²) in [6.07, 6.45) is 1.49. The number of sulfone groups is 1. The maximum absolute atomic E-state index is 12.3. The van der Waals surface area contributed by atoms with Crippen molar-refractivity contribution in [2.75, 3.05) is 5.75 Å². The molecule has 0 bridgehead atoms. The van der Waals surface area contributed by atoms with Crippen molar-refractivity contribution in [3.63, 3.8) is 0 Å². The van der Waals surface area contributed by atoms with E-state index in [1.54, 1.807) is 12.1 Å². The summed E-state index contributed by atoms with van der Waals surface area (Å²) in [6.45, 7) is 1.53. The van der Waals surface area contributed by atoms with Gasteiger partial charge in [-0.3, -0.25) is 9.59 Å². The van der Waals surface area contributed by atoms with Crippen molar-refractivity contribution in [2.24, 2.45) is 5.92 Å². The topological polar surface area (TPSA) is 101 Å². The average Bonchev–Trinajstić information content (AvgIpc) is 2.96. The third-order valence-electron chi connectivity index (χ3n) is 3.96. The van der Waals surface area contributed by atoms with Crippen LogP contribution < -0.4 is 5.32 Å². The lowest BCUT2D eigenvalue weighted by Crippen LogP contribution is -2.34. The number of rotatable bonds is 5. The van der Waals surface area contributed by atoms with Gasteiger partial charge in [-0.25, -0.2) is 8.42 Å². The van der Waals surface area contributed by atoms with Gasteiger partial charge in [0.15, 0.2) is 9.84 Å². The highest BCUT2D eigenvalue weighted by molar-refractivity contribution is 7.91. The van der Waals surface area contributed by atoms with E-state index in [1.807, 2.05) is 0 Å². The van der Waals surface area contributed by atoms with Crippen LogP contribution in [0.5, 0.6) is 0 Å². The lowest BCUT2D eigenvalue weighted by atomic mass is 10.1. The van der Waals surface area contributed by atoms with Crippen molar-refractivity contribution in [3.8, 4) is 0 Å². The summed E-state index contributed by atoms with van der Waals surface area (Å²) in [6, 6.07) is 5.85. The van der Waals surface area contributed by atoms with Crippen LogP contribution >= 0.6 is 0 Å². The minimum atomic E-state index is -3.49. The van der Waals surface area contributed by atoms with Crippen molar-refractivity contribution < 1.29 is 23.1 Å². The van der Waals surface area contributed by atoms with Crippen LogP contribution in [0.25, 0.3) is 0 Å². The minimum absolute atomic E-state index is 0.0165. The molecule has 2 N–H and O–H groups in total. The van der Waals surface area contributed by atoms with E-state index in [9.17, 15) is 18.0 Å². The summed E-state index contributed by atoms with van der Waals surface area (Å²) in [5.41, 5.74) is 0.114. The quantitative estimate of drug-likeness (QED) is 0.853. The van der Waals surface area contributed by atoms with Gasteiger partial charge in [0.25, 0.3) is 5.91 Å². The number of benzene rings is 1. The summed E-state index contributed by atoms with van der Waals surface area (Å²) >= 11 is 0. The van der Waals surface area contributed by atoms with Gasteiger partial charge in [-0.2, -0.15) is 0 Å². The molecule has 0 aromatic heterocycles. The van der Waals surface area contributed by atoms with Crippen LogP contribution in [-0.4, -0.2) is 37.2 Å². The maximum Gasteiger partial charge on any atom is 0.306 e. The molecule has 0 radical (unpaired) electrons. The van der Waals surface area contributed by atoms with Crippen LogP contribution in [0.15, 0.2) is 29.2 Å². The molecule has 2 rings (SSSR count). The third-order valence-corrected chi connectivity index (χ3v) is 5.75. The maximum atomic E-state index is 12.3. The highest BCUT2D eigenvalue weighted by Crippen LogP contribution is 2.26. The number of carbonyl (C=O) groups excluding carboxylic acids is 1. The molecule has 22 heavy (non-hydrogen) atoms. The molecule has 2 atom stereocenters. The molecule has 120 valence electrons. The van der Waals surface area contributed by atoms with Gasteiger partial charge in [0.05, 0.1) is 22.1 Å². The molecule has 0 heterocycles. The van der Waals surface area contributed by atoms with Gasteiger partial charge in [-0.15, -0.1) is 0 Å². The van der Waals surface area contributed by atoms with Crippen LogP contribution in [-0.2, 0) is 14.6 Å². The number of carbonyl (C=O) groups is 2. The van der Waals surface area contributed by atoms with Gasteiger partial charge in [0.2, 0.25) is 0 Å². The molecule has 0 saturated heterocycles. The molecule has 1 aliphatic rings. The highest BCUT2D eigenvalue weighted by Gasteiger charge is 2.31. The number of amides is 1. The lowest BCUT2D eigenvalue weighted by molar-refractivity contribution is -0.141. The van der Waals surface area contributed by atoms with Gasteiger partial charge in [0, 0.05) is 6.04 Å². The second-order valence-corrected chi connectivity index (χ2v) is 7.66. The fourth-order valence-corrected chi connectivity index (χ4v) is 3.77. The monoisotopic (exact) mass is 325 g/mol. The van der Waals surface area contributed by atoms with Crippen molar-refractivity contribution in [2.45, 2.75) is 37.1 Å². The van der Waals surface area contributed by atoms with Gasteiger partial charge >= 0.3 is 5.97 Å². The minimum Gasteiger partial charge on any atom is -0.481 e. The van der Waals surface area contributed by atoms with E-state index in [2.05, 4.69) is 5.32 Å². The molecule has 1 aromatic carbocycles. The first kappa shape index (κ1) is 16.5. The number of nitrogens with one attached hydrogen (secondary N) is 1. The predicted octanol–water partition coefficient (Wildman–Crippen LogP) is 1.46. The van der Waals surface area contributed by atoms with Crippen molar-refractivity contribution in [1.29, 1.82) is 0 Å². The number of hydrogen-bond donors (Lipinski definition) is 2. The Bertz CT molecular complexity index is 683. The van der Waals surface area contributed by atoms with E-state index in [0.717, 1.165) is 0 Å². The van der Waals surface area contributed by atoms with Crippen LogP contribution in [0, 0.1) is 5.92 Å². The van der Waals surface area contributed by atoms with E-state index in [4.69, 9.17) is 5.11 Å². The van der Waals surface area contributed by atoms with E-state index in [0.29, 0.717) is 19.3 Å². The smallest absolute Gasteiger partial charge is 0.306 e. The Labute approximate surface area is 129 Å². The Morgan fingerprint density at radius 3 is 2.55 bits per heavy atom. The fraction of sp³-hybridized carbons (Fsp3) is 0.467. The Balaban J connectivity index is 2.16. The zero-order valence-electron chi connectivity index (χ0n) is 12.3. The molecule has 1 aliphatic carbocycles. The number of carboxylic acid groups (broad SMARTS) is 1. The summed E-state index contributed by atoms with van der Waals surface area (Å²) in [5.74, 6) is -1.85. The van der Waals surface area contributed by atoms with Crippen molar-refractivity contribution >= 4 is 21.7 Å². The summed E-state index contributed by atoms with van der Waals surface area (Å²) in [5, 5.41) is 11.7. The highest BCUT2D eigenvalue weighted by atomic mass is 32.2. The molecule has 6 nitrogen and oxygen atoms in total. The van der Waals surface area contributed by atoms with Gasteiger partial charge in [0.1, 0.15) is 0 Å².